The molecule has 2 aliphatic rings. The summed E-state index contributed by atoms with van der Waals surface area (Å²) >= 11 is 1.47. The summed E-state index contributed by atoms with van der Waals surface area (Å²) in [6, 6.07) is 9.72. The predicted octanol–water partition coefficient (Wildman–Crippen LogP) is 4.15. The van der Waals surface area contributed by atoms with Gasteiger partial charge >= 0.3 is 0 Å². The second-order valence-electron chi connectivity index (χ2n) is 7.87. The van der Waals surface area contributed by atoms with Gasteiger partial charge in [-0.3, -0.25) is 14.5 Å². The van der Waals surface area contributed by atoms with Gasteiger partial charge in [0.05, 0.1) is 12.1 Å². The molecule has 1 saturated heterocycles. The minimum atomic E-state index is -0.336. The molecule has 1 aromatic carbocycles. The Morgan fingerprint density at radius 3 is 2.32 bits per heavy atom. The van der Waals surface area contributed by atoms with E-state index in [1.54, 1.807) is 12.1 Å². The first-order chi connectivity index (χ1) is 13.4. The van der Waals surface area contributed by atoms with E-state index in [4.69, 9.17) is 0 Å². The number of rotatable bonds is 4. The van der Waals surface area contributed by atoms with Crippen molar-refractivity contribution in [1.82, 2.24) is 9.80 Å². The molecule has 28 heavy (non-hydrogen) atoms. The van der Waals surface area contributed by atoms with Crippen LogP contribution >= 0.6 is 11.3 Å². The van der Waals surface area contributed by atoms with Crippen LogP contribution in [0, 0.1) is 17.7 Å². The second-order valence-corrected chi connectivity index (χ2v) is 8.82. The zero-order valence-corrected chi connectivity index (χ0v) is 16.8. The van der Waals surface area contributed by atoms with Gasteiger partial charge in [-0.25, -0.2) is 4.39 Å². The summed E-state index contributed by atoms with van der Waals surface area (Å²) in [7, 11) is 0. The van der Waals surface area contributed by atoms with Gasteiger partial charge in [-0.1, -0.05) is 32.0 Å². The number of hydrogen-bond donors (Lipinski definition) is 0. The third-order valence-corrected chi connectivity index (χ3v) is 6.24. The van der Waals surface area contributed by atoms with Gasteiger partial charge in [0.15, 0.2) is 0 Å². The molecule has 2 amide bonds. The average molecular weight is 399 g/mol. The lowest BCUT2D eigenvalue weighted by atomic mass is 9.91. The van der Waals surface area contributed by atoms with Gasteiger partial charge in [0.2, 0.25) is 0 Å². The zero-order valence-electron chi connectivity index (χ0n) is 16.0. The Balaban J connectivity index is 1.70. The van der Waals surface area contributed by atoms with Crippen LogP contribution in [0.1, 0.15) is 30.7 Å². The smallest absolute Gasteiger partial charge is 0.278 e. The van der Waals surface area contributed by atoms with Crippen LogP contribution in [0.15, 0.2) is 47.5 Å². The molecule has 0 radical (unpaired) electrons. The number of likely N-dealkylation sites (tertiary alicyclic amines) is 1. The van der Waals surface area contributed by atoms with Gasteiger partial charge in [0.25, 0.3) is 11.8 Å². The molecule has 4 nitrogen and oxygen atoms in total. The molecule has 0 spiro atoms. The van der Waals surface area contributed by atoms with E-state index in [0.717, 1.165) is 30.0 Å². The predicted molar refractivity (Wildman–Crippen MR) is 108 cm³/mol. The third kappa shape index (κ3) is 3.49. The molecule has 2 aliphatic heterocycles. The number of carbonyl (C=O) groups excluding carboxylic acids is 2. The van der Waals surface area contributed by atoms with Crippen molar-refractivity contribution >= 4 is 28.7 Å². The molecule has 1 aromatic heterocycles. The van der Waals surface area contributed by atoms with Crippen LogP contribution in [-0.2, 0) is 16.1 Å². The van der Waals surface area contributed by atoms with E-state index in [-0.39, 0.29) is 24.2 Å². The number of hydrogen-bond acceptors (Lipinski definition) is 4. The van der Waals surface area contributed by atoms with Crippen molar-refractivity contribution in [1.29, 1.82) is 0 Å². The fourth-order valence-electron chi connectivity index (χ4n) is 4.26. The summed E-state index contributed by atoms with van der Waals surface area (Å²) in [5.74, 6) is 0.0821. The quantitative estimate of drug-likeness (QED) is 0.727. The van der Waals surface area contributed by atoms with Gasteiger partial charge in [-0.2, -0.15) is 0 Å². The fraction of sp³-hybridized carbons (Fsp3) is 0.364. The van der Waals surface area contributed by atoms with Crippen molar-refractivity contribution in [3.63, 3.8) is 0 Å². The van der Waals surface area contributed by atoms with Crippen LogP contribution in [0.3, 0.4) is 0 Å². The maximum absolute atomic E-state index is 13.3. The number of amides is 2. The topological polar surface area (TPSA) is 40.6 Å². The monoisotopic (exact) mass is 398 g/mol. The average Bonchev–Trinajstić information content (AvgIpc) is 3.25. The summed E-state index contributed by atoms with van der Waals surface area (Å²) in [6.45, 7) is 6.07. The summed E-state index contributed by atoms with van der Waals surface area (Å²) in [5, 5.41) is 1.92. The SMILES string of the molecule is CC1CC(C)CN(C2=C(c3cccs3)C(=O)N(Cc3ccc(F)cc3)C2=O)C1. The number of thiophene rings is 1. The molecule has 2 atom stereocenters. The Hall–Kier alpha value is -2.47. The molecule has 0 N–H and O–H groups in total. The lowest BCUT2D eigenvalue weighted by Gasteiger charge is -2.37. The normalized spacial score (nSPS) is 23.1. The third-order valence-electron chi connectivity index (χ3n) is 5.35. The van der Waals surface area contributed by atoms with Crippen LogP contribution in [0.2, 0.25) is 0 Å². The Morgan fingerprint density at radius 1 is 1.04 bits per heavy atom. The highest BCUT2D eigenvalue weighted by Gasteiger charge is 2.43. The number of carbonyl (C=O) groups is 2. The first-order valence-electron chi connectivity index (χ1n) is 9.57. The number of piperidine rings is 1. The Bertz CT molecular complexity index is 911. The highest BCUT2D eigenvalue weighted by atomic mass is 32.1. The minimum absolute atomic E-state index is 0.148. The standard InChI is InChI=1S/C22H23FN2O2S/c1-14-10-15(2)12-24(11-14)20-19(18-4-3-9-28-18)21(26)25(22(20)27)13-16-5-7-17(23)8-6-16/h3-9,14-15H,10-13H2,1-2H3. The fourth-order valence-corrected chi connectivity index (χ4v) is 5.02. The molecule has 3 heterocycles. The Labute approximate surface area is 168 Å². The van der Waals surface area contributed by atoms with Crippen LogP contribution in [0.25, 0.3) is 5.57 Å². The second kappa shape index (κ2) is 7.51. The molecule has 4 rings (SSSR count). The molecule has 2 unspecified atom stereocenters. The van der Waals surface area contributed by atoms with Crippen molar-refractivity contribution in [2.24, 2.45) is 11.8 Å². The lowest BCUT2D eigenvalue weighted by Crippen LogP contribution is -2.41. The van der Waals surface area contributed by atoms with Crippen molar-refractivity contribution < 1.29 is 14.0 Å². The number of halogens is 1. The first kappa shape index (κ1) is 18.9. The minimum Gasteiger partial charge on any atom is -0.366 e. The first-order valence-corrected chi connectivity index (χ1v) is 10.5. The largest absolute Gasteiger partial charge is 0.366 e. The lowest BCUT2D eigenvalue weighted by molar-refractivity contribution is -0.138. The Kier molecular flexibility index (Phi) is 5.06. The van der Waals surface area contributed by atoms with Gasteiger partial charge in [0.1, 0.15) is 11.5 Å². The molecule has 2 aromatic rings. The van der Waals surface area contributed by atoms with E-state index in [0.29, 0.717) is 23.1 Å². The van der Waals surface area contributed by atoms with Crippen molar-refractivity contribution in [2.45, 2.75) is 26.8 Å². The zero-order chi connectivity index (χ0) is 19.8. The number of imide groups is 1. The summed E-state index contributed by atoms with van der Waals surface area (Å²) in [4.78, 5) is 30.8. The van der Waals surface area contributed by atoms with Gasteiger partial charge in [0, 0.05) is 18.0 Å². The van der Waals surface area contributed by atoms with Crippen LogP contribution in [0.4, 0.5) is 4.39 Å². The summed E-state index contributed by atoms with van der Waals surface area (Å²) in [5.41, 5.74) is 1.76. The molecule has 0 bridgehead atoms. The van der Waals surface area contributed by atoms with E-state index in [1.807, 2.05) is 17.5 Å². The molecule has 1 fully saturated rings. The van der Waals surface area contributed by atoms with Crippen molar-refractivity contribution in [2.75, 3.05) is 13.1 Å². The maximum Gasteiger partial charge on any atom is 0.278 e. The summed E-state index contributed by atoms with van der Waals surface area (Å²) in [6.07, 6.45) is 1.12. The number of nitrogens with zero attached hydrogens (tertiary/aromatic N) is 2. The van der Waals surface area contributed by atoms with E-state index >= 15 is 0 Å². The van der Waals surface area contributed by atoms with E-state index in [9.17, 15) is 14.0 Å². The molecule has 0 saturated carbocycles. The highest BCUT2D eigenvalue weighted by molar-refractivity contribution is 7.11. The number of benzene rings is 1. The van der Waals surface area contributed by atoms with Crippen LogP contribution in [-0.4, -0.2) is 34.7 Å². The molecule has 0 aliphatic carbocycles. The van der Waals surface area contributed by atoms with E-state index in [1.165, 1.54) is 28.4 Å². The maximum atomic E-state index is 13.3. The van der Waals surface area contributed by atoms with Crippen molar-refractivity contribution in [3.8, 4) is 0 Å². The van der Waals surface area contributed by atoms with Gasteiger partial charge in [-0.15, -0.1) is 11.3 Å². The van der Waals surface area contributed by atoms with Crippen LogP contribution in [0.5, 0.6) is 0 Å². The summed E-state index contributed by atoms with van der Waals surface area (Å²) < 4.78 is 13.2. The molecular formula is C22H23FN2O2S. The molecule has 146 valence electrons. The Morgan fingerprint density at radius 2 is 1.71 bits per heavy atom. The van der Waals surface area contributed by atoms with Gasteiger partial charge in [-0.05, 0) is 47.4 Å². The highest BCUT2D eigenvalue weighted by Crippen LogP contribution is 2.37. The van der Waals surface area contributed by atoms with E-state index in [2.05, 4.69) is 18.7 Å². The van der Waals surface area contributed by atoms with Crippen molar-refractivity contribution in [3.05, 3.63) is 63.7 Å². The molecular weight excluding hydrogens is 375 g/mol. The van der Waals surface area contributed by atoms with Gasteiger partial charge < -0.3 is 4.90 Å². The van der Waals surface area contributed by atoms with E-state index < -0.39 is 0 Å². The van der Waals surface area contributed by atoms with Crippen LogP contribution < -0.4 is 0 Å². The molecule has 6 heteroatoms.